The lowest BCUT2D eigenvalue weighted by Gasteiger charge is -1.84. The van der Waals surface area contributed by atoms with Crippen molar-refractivity contribution in [1.29, 1.82) is 0 Å². The lowest BCUT2D eigenvalue weighted by molar-refractivity contribution is 0.460. The minimum Gasteiger partial charge on any atom is -0.251 e. The van der Waals surface area contributed by atoms with Crippen LogP contribution in [0, 0.1) is 0 Å². The van der Waals surface area contributed by atoms with E-state index in [1.807, 2.05) is 0 Å². The molecule has 0 N–H and O–H groups in total. The first-order valence-electron chi connectivity index (χ1n) is 2.47. The maximum atomic E-state index is 11.2. The van der Waals surface area contributed by atoms with Crippen LogP contribution < -0.4 is 0 Å². The molecule has 6 heavy (non-hydrogen) atoms. The number of rotatable bonds is 3. The number of alkyl halides is 1. The van der Waals surface area contributed by atoms with Gasteiger partial charge in [0.2, 0.25) is 0 Å². The molecule has 0 aromatic rings. The van der Waals surface area contributed by atoms with E-state index in [4.69, 9.17) is 0 Å². The summed E-state index contributed by atoms with van der Waals surface area (Å²) >= 11 is 0. The van der Waals surface area contributed by atoms with E-state index in [0.717, 1.165) is 19.3 Å². The molecule has 0 heterocycles. The first-order valence-corrected chi connectivity index (χ1v) is 2.47. The molecule has 0 amide bonds. The van der Waals surface area contributed by atoms with Gasteiger partial charge in [0, 0.05) is 0 Å². The molecule has 0 aliphatic rings. The zero-order chi connectivity index (χ0) is 4.83. The standard InChI is InChI=1S/C5H11F/c1-2-3-4-5-6/h2-5H2,1H3. The van der Waals surface area contributed by atoms with Gasteiger partial charge in [0.05, 0.1) is 6.67 Å². The Bertz CT molecular complexity index is 15.9. The van der Waals surface area contributed by atoms with Gasteiger partial charge in [-0.15, -0.1) is 0 Å². The normalized spacial score (nSPS) is 9.00. The predicted octanol–water partition coefficient (Wildman–Crippen LogP) is 2.15. The third kappa shape index (κ3) is 3.93. The maximum absolute atomic E-state index is 11.2. The van der Waals surface area contributed by atoms with E-state index in [0.29, 0.717) is 0 Å². The van der Waals surface area contributed by atoms with Gasteiger partial charge in [0.25, 0.3) is 0 Å². The van der Waals surface area contributed by atoms with Crippen LogP contribution in [0.2, 0.25) is 0 Å². The Hall–Kier alpha value is -0.0700. The van der Waals surface area contributed by atoms with Gasteiger partial charge in [0.15, 0.2) is 0 Å². The maximum Gasteiger partial charge on any atom is 0.0894 e. The summed E-state index contributed by atoms with van der Waals surface area (Å²) in [5, 5.41) is 0. The fourth-order valence-corrected chi connectivity index (χ4v) is 0.344. The molecule has 0 saturated carbocycles. The predicted molar refractivity (Wildman–Crippen MR) is 25.5 cm³/mol. The summed E-state index contributed by atoms with van der Waals surface area (Å²) in [6.07, 6.45) is 2.90. The summed E-state index contributed by atoms with van der Waals surface area (Å²) in [6, 6.07) is 0. The Balaban J connectivity index is 2.34. The van der Waals surface area contributed by atoms with E-state index in [2.05, 4.69) is 6.92 Å². The second kappa shape index (κ2) is 4.93. The Morgan fingerprint density at radius 2 is 2.00 bits per heavy atom. The Morgan fingerprint density at radius 1 is 1.33 bits per heavy atom. The SMILES string of the molecule is CCCCCF. The van der Waals surface area contributed by atoms with Crippen LogP contribution in [0.5, 0.6) is 0 Å². The zero-order valence-corrected chi connectivity index (χ0v) is 4.21. The van der Waals surface area contributed by atoms with Crippen molar-refractivity contribution in [2.24, 2.45) is 0 Å². The van der Waals surface area contributed by atoms with Crippen molar-refractivity contribution in [3.8, 4) is 0 Å². The van der Waals surface area contributed by atoms with Crippen molar-refractivity contribution in [2.75, 3.05) is 6.67 Å². The molecule has 0 bridgehead atoms. The summed E-state index contributed by atoms with van der Waals surface area (Å²) < 4.78 is 11.2. The van der Waals surface area contributed by atoms with E-state index >= 15 is 0 Å². The van der Waals surface area contributed by atoms with Crippen molar-refractivity contribution in [1.82, 2.24) is 0 Å². The zero-order valence-electron chi connectivity index (χ0n) is 4.21. The van der Waals surface area contributed by atoms with Gasteiger partial charge < -0.3 is 0 Å². The highest BCUT2D eigenvalue weighted by Crippen LogP contribution is 1.91. The van der Waals surface area contributed by atoms with E-state index in [1.54, 1.807) is 0 Å². The van der Waals surface area contributed by atoms with Gasteiger partial charge in [0.1, 0.15) is 0 Å². The van der Waals surface area contributed by atoms with Gasteiger partial charge in [-0.25, -0.2) is 0 Å². The Morgan fingerprint density at radius 3 is 2.17 bits per heavy atom. The number of halogens is 1. The Kier molecular flexibility index (Phi) is 4.87. The van der Waals surface area contributed by atoms with Crippen LogP contribution >= 0.6 is 0 Å². The third-order valence-electron chi connectivity index (χ3n) is 0.737. The molecular formula is C5H11F. The lowest BCUT2D eigenvalue weighted by Crippen LogP contribution is -1.72. The number of hydrogen-bond donors (Lipinski definition) is 0. The molecule has 1 heteroatoms. The molecule has 38 valence electrons. The summed E-state index contributed by atoms with van der Waals surface area (Å²) in [5.74, 6) is 0. The van der Waals surface area contributed by atoms with Gasteiger partial charge in [-0.2, -0.15) is 0 Å². The molecule has 0 saturated heterocycles. The van der Waals surface area contributed by atoms with E-state index < -0.39 is 0 Å². The van der Waals surface area contributed by atoms with Crippen LogP contribution in [0.4, 0.5) is 4.39 Å². The summed E-state index contributed by atoms with van der Waals surface area (Å²) in [7, 11) is 0. The molecule has 0 radical (unpaired) electrons. The minimum absolute atomic E-state index is 0.145. The topological polar surface area (TPSA) is 0 Å². The first kappa shape index (κ1) is 5.93. The van der Waals surface area contributed by atoms with Crippen LogP contribution in [0.3, 0.4) is 0 Å². The molecule has 0 nitrogen and oxygen atoms in total. The molecule has 0 fully saturated rings. The van der Waals surface area contributed by atoms with Crippen molar-refractivity contribution < 1.29 is 4.39 Å². The smallest absolute Gasteiger partial charge is 0.0894 e. The lowest BCUT2D eigenvalue weighted by atomic mass is 10.3. The van der Waals surface area contributed by atoms with Crippen LogP contribution in [0.15, 0.2) is 0 Å². The van der Waals surface area contributed by atoms with Crippen molar-refractivity contribution in [3.63, 3.8) is 0 Å². The molecule has 0 rings (SSSR count). The largest absolute Gasteiger partial charge is 0.251 e. The second-order valence-electron chi connectivity index (χ2n) is 1.40. The molecule has 0 atom stereocenters. The van der Waals surface area contributed by atoms with Crippen molar-refractivity contribution in [3.05, 3.63) is 0 Å². The van der Waals surface area contributed by atoms with Gasteiger partial charge in [-0.1, -0.05) is 19.8 Å². The van der Waals surface area contributed by atoms with Crippen LogP contribution in [-0.2, 0) is 0 Å². The highest BCUT2D eigenvalue weighted by molar-refractivity contribution is 4.31. The quantitative estimate of drug-likeness (QED) is 0.466. The Labute approximate surface area is 38.4 Å². The second-order valence-corrected chi connectivity index (χ2v) is 1.40. The summed E-state index contributed by atoms with van der Waals surface area (Å²) in [4.78, 5) is 0. The molecule has 0 spiro atoms. The molecule has 0 aromatic heterocycles. The molecular weight excluding hydrogens is 79.1 g/mol. The third-order valence-corrected chi connectivity index (χ3v) is 0.737. The molecule has 0 aliphatic carbocycles. The summed E-state index contributed by atoms with van der Waals surface area (Å²) in [6.45, 7) is 1.92. The van der Waals surface area contributed by atoms with Gasteiger partial charge in [-0.3, -0.25) is 4.39 Å². The van der Waals surface area contributed by atoms with Crippen LogP contribution in [0.1, 0.15) is 26.2 Å². The molecule has 0 aromatic carbocycles. The van der Waals surface area contributed by atoms with Gasteiger partial charge in [-0.05, 0) is 6.42 Å². The van der Waals surface area contributed by atoms with Crippen molar-refractivity contribution >= 4 is 0 Å². The molecule has 0 unspecified atom stereocenters. The van der Waals surface area contributed by atoms with Crippen molar-refractivity contribution in [2.45, 2.75) is 26.2 Å². The van der Waals surface area contributed by atoms with Crippen LogP contribution in [-0.4, -0.2) is 6.67 Å². The average molecular weight is 90.1 g/mol. The van der Waals surface area contributed by atoms with E-state index in [1.165, 1.54) is 0 Å². The molecule has 0 aliphatic heterocycles. The fourth-order valence-electron chi connectivity index (χ4n) is 0.344. The average Bonchev–Trinajstić information content (AvgIpc) is 1.61. The fraction of sp³-hybridized carbons (Fsp3) is 1.00. The van der Waals surface area contributed by atoms with Crippen LogP contribution in [0.25, 0.3) is 0 Å². The highest BCUT2D eigenvalue weighted by atomic mass is 19.1. The monoisotopic (exact) mass is 90.1 g/mol. The number of hydrogen-bond acceptors (Lipinski definition) is 0. The first-order chi connectivity index (χ1) is 2.91. The number of unbranched alkanes of at least 4 members (excludes halogenated alkanes) is 2. The minimum atomic E-state index is -0.145. The highest BCUT2D eigenvalue weighted by Gasteiger charge is 1.78. The van der Waals surface area contributed by atoms with Gasteiger partial charge >= 0.3 is 0 Å². The summed E-state index contributed by atoms with van der Waals surface area (Å²) in [5.41, 5.74) is 0. The van der Waals surface area contributed by atoms with E-state index in [-0.39, 0.29) is 6.67 Å². The van der Waals surface area contributed by atoms with E-state index in [9.17, 15) is 4.39 Å².